The van der Waals surface area contributed by atoms with Crippen LogP contribution in [0.2, 0.25) is 5.02 Å². The van der Waals surface area contributed by atoms with E-state index in [0.717, 1.165) is 16.8 Å². The number of hydrogen-bond donors (Lipinski definition) is 1. The van der Waals surface area contributed by atoms with Gasteiger partial charge >= 0.3 is 12.1 Å². The molecular weight excluding hydrogens is 311 g/mol. The standard InChI is InChI=1S/C12H9ClF3N3O2/c13-8-3-7(12(14,15)16)4-10(5-8)19-6-9(17-18-19)1-2-11(20)21/h3-6H,1-2H2,(H,20,21). The van der Waals surface area contributed by atoms with E-state index in [4.69, 9.17) is 16.7 Å². The van der Waals surface area contributed by atoms with Gasteiger partial charge < -0.3 is 5.11 Å². The zero-order valence-electron chi connectivity index (χ0n) is 10.4. The molecule has 1 aromatic carbocycles. The quantitative estimate of drug-likeness (QED) is 0.940. The first-order valence-corrected chi connectivity index (χ1v) is 6.14. The number of carboxylic acids is 1. The number of aromatic nitrogens is 3. The Bertz CT molecular complexity index is 670. The topological polar surface area (TPSA) is 68.0 Å². The van der Waals surface area contributed by atoms with Crippen LogP contribution in [0.25, 0.3) is 5.69 Å². The van der Waals surface area contributed by atoms with Gasteiger partial charge in [0.2, 0.25) is 0 Å². The molecule has 2 aromatic rings. The van der Waals surface area contributed by atoms with Gasteiger partial charge in [-0.1, -0.05) is 16.8 Å². The Hall–Kier alpha value is -2.09. The molecule has 0 bridgehead atoms. The molecule has 9 heteroatoms. The maximum absolute atomic E-state index is 12.7. The van der Waals surface area contributed by atoms with Crippen LogP contribution >= 0.6 is 11.6 Å². The first-order chi connectivity index (χ1) is 9.75. The van der Waals surface area contributed by atoms with E-state index >= 15 is 0 Å². The molecular formula is C12H9ClF3N3O2. The van der Waals surface area contributed by atoms with Crippen LogP contribution in [-0.2, 0) is 17.4 Å². The molecule has 5 nitrogen and oxygen atoms in total. The van der Waals surface area contributed by atoms with Crippen LogP contribution in [-0.4, -0.2) is 26.1 Å². The number of aryl methyl sites for hydroxylation is 1. The van der Waals surface area contributed by atoms with Crippen molar-refractivity contribution < 1.29 is 23.1 Å². The van der Waals surface area contributed by atoms with Crippen molar-refractivity contribution in [2.45, 2.75) is 19.0 Å². The normalized spacial score (nSPS) is 11.6. The van der Waals surface area contributed by atoms with Crippen molar-refractivity contribution in [2.24, 2.45) is 0 Å². The fourth-order valence-electron chi connectivity index (χ4n) is 1.64. The summed E-state index contributed by atoms with van der Waals surface area (Å²) in [6.45, 7) is 0. The van der Waals surface area contributed by atoms with Crippen molar-refractivity contribution in [1.82, 2.24) is 15.0 Å². The molecule has 0 spiro atoms. The van der Waals surface area contributed by atoms with Gasteiger partial charge in [-0.15, -0.1) is 5.10 Å². The van der Waals surface area contributed by atoms with Crippen LogP contribution in [0.5, 0.6) is 0 Å². The minimum absolute atomic E-state index is 0.0811. The number of hydrogen-bond acceptors (Lipinski definition) is 3. The molecule has 0 aliphatic rings. The van der Waals surface area contributed by atoms with Crippen LogP contribution in [0.4, 0.5) is 13.2 Å². The highest BCUT2D eigenvalue weighted by Gasteiger charge is 2.31. The summed E-state index contributed by atoms with van der Waals surface area (Å²) < 4.78 is 39.3. The zero-order chi connectivity index (χ0) is 15.6. The molecule has 0 unspecified atom stereocenters. The molecule has 0 radical (unpaired) electrons. The van der Waals surface area contributed by atoms with Gasteiger partial charge in [-0.3, -0.25) is 4.79 Å². The van der Waals surface area contributed by atoms with Crippen molar-refractivity contribution in [3.05, 3.63) is 40.7 Å². The minimum Gasteiger partial charge on any atom is -0.481 e. The van der Waals surface area contributed by atoms with Gasteiger partial charge in [-0.25, -0.2) is 4.68 Å². The van der Waals surface area contributed by atoms with Gasteiger partial charge in [0.05, 0.1) is 29.6 Å². The number of alkyl halides is 3. The number of aliphatic carboxylic acids is 1. The number of halogens is 4. The van der Waals surface area contributed by atoms with E-state index in [1.807, 2.05) is 0 Å². The van der Waals surface area contributed by atoms with Gasteiger partial charge in [0.25, 0.3) is 0 Å². The summed E-state index contributed by atoms with van der Waals surface area (Å²) in [5.41, 5.74) is -0.428. The average molecular weight is 320 g/mol. The molecule has 0 aliphatic carbocycles. The number of nitrogens with zero attached hydrogens (tertiary/aromatic N) is 3. The third kappa shape index (κ3) is 3.94. The maximum atomic E-state index is 12.7. The Kier molecular flexibility index (Phi) is 4.17. The number of rotatable bonds is 4. The Morgan fingerprint density at radius 2 is 2.05 bits per heavy atom. The molecule has 1 N–H and O–H groups in total. The van der Waals surface area contributed by atoms with E-state index in [2.05, 4.69) is 10.3 Å². The summed E-state index contributed by atoms with van der Waals surface area (Å²) in [6, 6.07) is 3.02. The fraction of sp³-hybridized carbons (Fsp3) is 0.250. The first kappa shape index (κ1) is 15.3. The maximum Gasteiger partial charge on any atom is 0.416 e. The monoisotopic (exact) mass is 319 g/mol. The predicted molar refractivity (Wildman–Crippen MR) is 67.3 cm³/mol. The smallest absolute Gasteiger partial charge is 0.416 e. The highest BCUT2D eigenvalue weighted by atomic mass is 35.5. The third-order valence-corrected chi connectivity index (χ3v) is 2.83. The number of carboxylic acid groups (broad SMARTS) is 1. The van der Waals surface area contributed by atoms with E-state index in [9.17, 15) is 18.0 Å². The van der Waals surface area contributed by atoms with Crippen molar-refractivity contribution >= 4 is 17.6 Å². The Labute approximate surface area is 121 Å². The van der Waals surface area contributed by atoms with Crippen molar-refractivity contribution in [3.8, 4) is 5.69 Å². The Morgan fingerprint density at radius 3 is 2.67 bits per heavy atom. The lowest BCUT2D eigenvalue weighted by Gasteiger charge is -2.09. The Balaban J connectivity index is 2.30. The summed E-state index contributed by atoms with van der Waals surface area (Å²) in [5, 5.41) is 15.9. The average Bonchev–Trinajstić information content (AvgIpc) is 2.83. The molecule has 112 valence electrons. The van der Waals surface area contributed by atoms with Crippen LogP contribution in [0.3, 0.4) is 0 Å². The summed E-state index contributed by atoms with van der Waals surface area (Å²) in [6.07, 6.45) is -3.15. The first-order valence-electron chi connectivity index (χ1n) is 5.77. The number of carbonyl (C=O) groups is 1. The van der Waals surface area contributed by atoms with Crippen LogP contribution in [0, 0.1) is 0 Å². The largest absolute Gasteiger partial charge is 0.481 e. The van der Waals surface area contributed by atoms with E-state index in [0.29, 0.717) is 5.69 Å². The molecule has 0 aliphatic heterocycles. The third-order valence-electron chi connectivity index (χ3n) is 2.61. The summed E-state index contributed by atoms with van der Waals surface area (Å²) in [4.78, 5) is 10.5. The van der Waals surface area contributed by atoms with E-state index in [-0.39, 0.29) is 23.6 Å². The van der Waals surface area contributed by atoms with E-state index in [1.54, 1.807) is 0 Å². The van der Waals surface area contributed by atoms with Crippen molar-refractivity contribution in [3.63, 3.8) is 0 Å². The highest BCUT2D eigenvalue weighted by Crippen LogP contribution is 2.32. The molecule has 0 saturated carbocycles. The lowest BCUT2D eigenvalue weighted by atomic mass is 10.2. The fourth-order valence-corrected chi connectivity index (χ4v) is 1.87. The van der Waals surface area contributed by atoms with E-state index < -0.39 is 17.7 Å². The minimum atomic E-state index is -4.52. The van der Waals surface area contributed by atoms with Crippen LogP contribution in [0.15, 0.2) is 24.4 Å². The van der Waals surface area contributed by atoms with Gasteiger partial charge in [0.1, 0.15) is 0 Å². The molecule has 2 rings (SSSR count). The van der Waals surface area contributed by atoms with Crippen LogP contribution < -0.4 is 0 Å². The molecule has 0 fully saturated rings. The van der Waals surface area contributed by atoms with E-state index in [1.165, 1.54) is 12.3 Å². The summed E-state index contributed by atoms with van der Waals surface area (Å²) in [7, 11) is 0. The second-order valence-corrected chi connectivity index (χ2v) is 4.68. The predicted octanol–water partition coefficient (Wildman–Crippen LogP) is 2.96. The molecule has 0 saturated heterocycles. The molecule has 0 amide bonds. The highest BCUT2D eigenvalue weighted by molar-refractivity contribution is 6.30. The molecule has 21 heavy (non-hydrogen) atoms. The molecule has 1 aromatic heterocycles. The molecule has 0 atom stereocenters. The molecule has 1 heterocycles. The second-order valence-electron chi connectivity index (χ2n) is 4.24. The lowest BCUT2D eigenvalue weighted by molar-refractivity contribution is -0.138. The van der Waals surface area contributed by atoms with Gasteiger partial charge in [0.15, 0.2) is 0 Å². The van der Waals surface area contributed by atoms with Crippen LogP contribution in [0.1, 0.15) is 17.7 Å². The summed E-state index contributed by atoms with van der Waals surface area (Å²) >= 11 is 5.68. The second kappa shape index (κ2) is 5.72. The van der Waals surface area contributed by atoms with Crippen molar-refractivity contribution in [1.29, 1.82) is 0 Å². The summed E-state index contributed by atoms with van der Waals surface area (Å²) in [5.74, 6) is -0.994. The van der Waals surface area contributed by atoms with Gasteiger partial charge in [0, 0.05) is 11.4 Å². The lowest BCUT2D eigenvalue weighted by Crippen LogP contribution is -2.06. The van der Waals surface area contributed by atoms with Crippen molar-refractivity contribution in [2.75, 3.05) is 0 Å². The zero-order valence-corrected chi connectivity index (χ0v) is 11.2. The number of benzene rings is 1. The van der Waals surface area contributed by atoms with Gasteiger partial charge in [-0.2, -0.15) is 13.2 Å². The van der Waals surface area contributed by atoms with Gasteiger partial charge in [-0.05, 0) is 18.2 Å². The SMILES string of the molecule is O=C(O)CCc1cn(-c2cc(Cl)cc(C(F)(F)F)c2)nn1. The Morgan fingerprint density at radius 1 is 1.33 bits per heavy atom.